The van der Waals surface area contributed by atoms with Gasteiger partial charge in [-0.15, -0.1) is 0 Å². The van der Waals surface area contributed by atoms with Gasteiger partial charge >= 0.3 is 59.1 Å². The van der Waals surface area contributed by atoms with E-state index >= 15 is 0 Å². The summed E-state index contributed by atoms with van der Waals surface area (Å²) in [6, 6.07) is 0. The van der Waals surface area contributed by atoms with E-state index in [1.54, 1.807) is 13.0 Å². The van der Waals surface area contributed by atoms with E-state index in [1.165, 1.54) is 0 Å². The fourth-order valence-electron chi connectivity index (χ4n) is 7.41. The van der Waals surface area contributed by atoms with Crippen LogP contribution in [0.15, 0.2) is 11.6 Å². The molecule has 168 valence electrons. The Morgan fingerprint density at radius 1 is 1.22 bits per heavy atom. The molecule has 0 aromatic carbocycles. The number of phosphoric ester groups is 1. The molecule has 0 aliphatic heterocycles. The third-order valence-electron chi connectivity index (χ3n) is 8.86. The average molecular weight is 486 g/mol. The summed E-state index contributed by atoms with van der Waals surface area (Å²) in [7, 11) is -5.33. The Labute approximate surface area is 232 Å². The van der Waals surface area contributed by atoms with Crippen molar-refractivity contribution in [3.05, 3.63) is 11.6 Å². The van der Waals surface area contributed by atoms with Gasteiger partial charge in [0, 0.05) is 11.8 Å². The summed E-state index contributed by atoms with van der Waals surface area (Å²) in [6.07, 6.45) is 4.59. The minimum Gasteiger partial charge on any atom is -0.790 e. The SMILES string of the molecule is C[C@]12CCC(=O)C=C1CC[C@@H]1[C@@H]2[C@@H](O)C[C@@]2(C)[C@H]1CC[C@]2(O)C(=O)COP(=O)([O-])[O-].[Na+].[Na+]. The first kappa shape index (κ1) is 29.3. The van der Waals surface area contributed by atoms with E-state index in [9.17, 15) is 34.2 Å². The molecule has 0 aromatic rings. The zero-order chi connectivity index (χ0) is 22.1. The van der Waals surface area contributed by atoms with Crippen LogP contribution in [0.4, 0.5) is 0 Å². The number of rotatable bonds is 4. The van der Waals surface area contributed by atoms with Crippen LogP contribution in [0.2, 0.25) is 0 Å². The van der Waals surface area contributed by atoms with Gasteiger partial charge in [0.1, 0.15) is 12.2 Å². The largest absolute Gasteiger partial charge is 1.00 e. The molecule has 32 heavy (non-hydrogen) atoms. The normalized spacial score (nSPS) is 43.1. The minimum absolute atomic E-state index is 0. The molecule has 8 nitrogen and oxygen atoms in total. The second-order valence-electron chi connectivity index (χ2n) is 10.1. The fourth-order valence-corrected chi connectivity index (χ4v) is 7.68. The number of hydrogen-bond acceptors (Lipinski definition) is 8. The quantitative estimate of drug-likeness (QED) is 0.296. The van der Waals surface area contributed by atoms with Crippen LogP contribution in [0.3, 0.4) is 0 Å². The first-order valence-corrected chi connectivity index (χ1v) is 12.1. The summed E-state index contributed by atoms with van der Waals surface area (Å²) < 4.78 is 15.0. The molecule has 0 aromatic heterocycles. The van der Waals surface area contributed by atoms with E-state index < -0.39 is 37.3 Å². The maximum Gasteiger partial charge on any atom is 1.00 e. The molecular formula is C21H29Na2O8P. The Balaban J connectivity index is 0.00000181. The van der Waals surface area contributed by atoms with Gasteiger partial charge in [-0.3, -0.25) is 9.59 Å². The number of aliphatic hydroxyl groups is 2. The molecule has 4 aliphatic rings. The summed E-state index contributed by atoms with van der Waals surface area (Å²) in [5.74, 6) is -0.688. The molecule has 3 fully saturated rings. The van der Waals surface area contributed by atoms with Crippen LogP contribution < -0.4 is 68.9 Å². The number of aliphatic hydroxyl groups excluding tert-OH is 1. The fraction of sp³-hybridized carbons (Fsp3) is 0.810. The Morgan fingerprint density at radius 2 is 1.88 bits per heavy atom. The standard InChI is InChI=1S/C21H31O8P.2Na/c1-19-7-5-13(22)9-12(19)3-4-14-15-6-8-21(25,17(24)11-29-30(26,27)28)20(15,2)10-16(23)18(14)19;;/h9,14-16,18,23,25H,3-8,10-11H2,1-2H3,(H2,26,27,28);;/q;2*+1/p-2/t14-,15-,16-,18+,19-,20-,21-;;/m0../s1. The average Bonchev–Trinajstić information content (AvgIpc) is 2.91. The van der Waals surface area contributed by atoms with Crippen LogP contribution in [-0.4, -0.2) is 40.1 Å². The Bertz CT molecular complexity index is 859. The molecule has 4 rings (SSSR count). The maximum absolute atomic E-state index is 12.8. The summed E-state index contributed by atoms with van der Waals surface area (Å²) in [4.78, 5) is 46.3. The van der Waals surface area contributed by atoms with Crippen LogP contribution in [0, 0.1) is 28.6 Å². The predicted molar refractivity (Wildman–Crippen MR) is 102 cm³/mol. The van der Waals surface area contributed by atoms with Gasteiger partial charge in [0.25, 0.3) is 0 Å². The van der Waals surface area contributed by atoms with Crippen molar-refractivity contribution in [1.29, 1.82) is 0 Å². The van der Waals surface area contributed by atoms with E-state index in [2.05, 4.69) is 11.4 Å². The van der Waals surface area contributed by atoms with Crippen molar-refractivity contribution in [2.75, 3.05) is 6.61 Å². The number of hydrogen-bond donors (Lipinski definition) is 2. The first-order chi connectivity index (χ1) is 13.8. The molecule has 3 saturated carbocycles. The Hall–Kier alpha value is 1.11. The molecule has 0 heterocycles. The molecular weight excluding hydrogens is 457 g/mol. The predicted octanol–water partition coefficient (Wildman–Crippen LogP) is -5.36. The number of carbonyl (C=O) groups excluding carboxylic acids is 2. The van der Waals surface area contributed by atoms with Crippen molar-refractivity contribution in [2.45, 2.75) is 70.5 Å². The molecule has 0 bridgehead atoms. The minimum atomic E-state index is -5.33. The van der Waals surface area contributed by atoms with Gasteiger partial charge in [0.15, 0.2) is 11.6 Å². The van der Waals surface area contributed by atoms with Crippen LogP contribution in [0.5, 0.6) is 0 Å². The van der Waals surface area contributed by atoms with Crippen molar-refractivity contribution < 1.29 is 97.8 Å². The molecule has 2 N–H and O–H groups in total. The zero-order valence-corrected chi connectivity index (χ0v) is 24.2. The van der Waals surface area contributed by atoms with Crippen LogP contribution in [0.1, 0.15) is 58.8 Å². The van der Waals surface area contributed by atoms with Gasteiger partial charge < -0.3 is 29.1 Å². The van der Waals surface area contributed by atoms with Gasteiger partial charge in [-0.2, -0.15) is 0 Å². The van der Waals surface area contributed by atoms with Crippen molar-refractivity contribution in [1.82, 2.24) is 0 Å². The van der Waals surface area contributed by atoms with Gasteiger partial charge in [-0.05, 0) is 67.8 Å². The smallest absolute Gasteiger partial charge is 0.790 e. The van der Waals surface area contributed by atoms with Crippen molar-refractivity contribution >= 4 is 19.4 Å². The van der Waals surface area contributed by atoms with Crippen molar-refractivity contribution in [2.24, 2.45) is 28.6 Å². The van der Waals surface area contributed by atoms with E-state index in [1.807, 2.05) is 0 Å². The topological polar surface area (TPSA) is 147 Å². The van der Waals surface area contributed by atoms with Crippen LogP contribution in [0.25, 0.3) is 0 Å². The number of Topliss-reactive ketones (excluding diaryl/α,β-unsaturated/α-hetero) is 1. The maximum atomic E-state index is 12.8. The number of allylic oxidation sites excluding steroid dienone is 1. The molecule has 11 heteroatoms. The number of phosphoric acid groups is 1. The monoisotopic (exact) mass is 486 g/mol. The van der Waals surface area contributed by atoms with E-state index in [0.717, 1.165) is 18.4 Å². The van der Waals surface area contributed by atoms with Crippen LogP contribution in [-0.2, 0) is 18.7 Å². The summed E-state index contributed by atoms with van der Waals surface area (Å²) in [6.45, 7) is 2.92. The summed E-state index contributed by atoms with van der Waals surface area (Å²) in [5.41, 5.74) is -1.96. The molecule has 4 aliphatic carbocycles. The number of ketones is 2. The third-order valence-corrected chi connectivity index (χ3v) is 9.31. The second-order valence-corrected chi connectivity index (χ2v) is 11.3. The summed E-state index contributed by atoms with van der Waals surface area (Å²) in [5, 5.41) is 22.6. The van der Waals surface area contributed by atoms with Crippen molar-refractivity contribution in [3.63, 3.8) is 0 Å². The van der Waals surface area contributed by atoms with Gasteiger partial charge in [-0.1, -0.05) is 19.4 Å². The van der Waals surface area contributed by atoms with Gasteiger partial charge in [-0.25, -0.2) is 0 Å². The Kier molecular flexibility index (Phi) is 9.05. The van der Waals surface area contributed by atoms with Gasteiger partial charge in [0.2, 0.25) is 0 Å². The van der Waals surface area contributed by atoms with Crippen LogP contribution >= 0.6 is 7.82 Å². The molecule has 0 saturated heterocycles. The second kappa shape index (κ2) is 9.87. The van der Waals surface area contributed by atoms with E-state index in [0.29, 0.717) is 19.3 Å². The van der Waals surface area contributed by atoms with Crippen molar-refractivity contribution in [3.8, 4) is 0 Å². The molecule has 0 radical (unpaired) electrons. The summed E-state index contributed by atoms with van der Waals surface area (Å²) >= 11 is 0. The zero-order valence-electron chi connectivity index (χ0n) is 19.3. The number of fused-ring (bicyclic) bond motifs is 5. The first-order valence-electron chi connectivity index (χ1n) is 10.7. The molecule has 0 amide bonds. The Morgan fingerprint density at radius 3 is 2.50 bits per heavy atom. The molecule has 7 atom stereocenters. The molecule has 0 unspecified atom stereocenters. The third kappa shape index (κ3) is 4.62. The molecule has 0 spiro atoms. The number of carbonyl (C=O) groups is 2. The van der Waals surface area contributed by atoms with E-state index in [4.69, 9.17) is 0 Å². The van der Waals surface area contributed by atoms with Gasteiger partial charge in [0.05, 0.1) is 13.9 Å². The van der Waals surface area contributed by atoms with E-state index in [-0.39, 0.29) is 101 Å².